The Morgan fingerprint density at radius 1 is 0.323 bits per heavy atom. The maximum atomic E-state index is 3.19. The topological polar surface area (TPSA) is 6.25 Å². The minimum atomic E-state index is 0. The van der Waals surface area contributed by atoms with E-state index in [-0.39, 0.29) is 1460 Å². The summed E-state index contributed by atoms with van der Waals surface area (Å²) in [6.45, 7) is 8.00. The fourth-order valence-electron chi connectivity index (χ4n) is 2.63. The molecule has 2 aromatic rings. The Balaban J connectivity index is -0.00000000179. The standard InChI is InChI=1S/C23H21N2.2C2H6.2CH4.4CH3.50W.11Y/c1-24(21-13-7-5-8-14-21)18-11-4-3-6-12-20-17-19-25(2)23-16-10-9-15-22(20)23;2*1-2;;;;;;;;;;;;;;;;;;;;;;;;;;;;;;;;;;;;;;;;;;;;;;;;;;;;;;;;;;;;;;;;;;;/h3-13,15-17,19H,1-2H3;2*1-2H3;2*1H4;4*1H3;;;;;;;;;;;;;;;;;;;;;;;;;;;;;;;;;;;;;;;;;;;;;;;;;;;;;;;;;;;;;/q-1;;;;;4*-1;;;;;;;;;;;;;;;;;;;;;;;;;;;;;;;;;;;;;;;;;;;;;;;;;;;;;;;;;;;;;. The molecule has 0 fully saturated rings. The van der Waals surface area contributed by atoms with Crippen molar-refractivity contribution >= 4 is 23.2 Å². The van der Waals surface area contributed by atoms with E-state index in [0.717, 1.165) is 5.69 Å². The van der Waals surface area contributed by atoms with Gasteiger partial charge in [-0.05, 0) is 23.4 Å². The van der Waals surface area contributed by atoms with Gasteiger partial charge in [0.2, 0.25) is 0 Å². The molecule has 0 aliphatic carbocycles. The number of rotatable bonds is 4. The van der Waals surface area contributed by atoms with Gasteiger partial charge in [0, 0.05) is 1440 Å². The van der Waals surface area contributed by atoms with Gasteiger partial charge < -0.3 is 39.2 Å². The van der Waals surface area contributed by atoms with Crippen molar-refractivity contribution in [3.63, 3.8) is 0 Å². The van der Waals surface area contributed by atoms with Crippen LogP contribution in [0.3, 0.4) is 0 Å². The third kappa shape index (κ3) is 327. The zero-order valence-electron chi connectivity index (χ0n) is 49.3. The molecular weight excluding hydrogens is 10600 g/mol. The number of anilines is 1. The Morgan fingerprint density at radius 2 is 0.542 bits per heavy atom. The van der Waals surface area contributed by atoms with E-state index < -0.39 is 0 Å². The van der Waals surface area contributed by atoms with Gasteiger partial charge in [0.25, 0.3) is 0 Å². The molecule has 0 unspecified atom stereocenters. The molecule has 3 rings (SSSR count). The van der Waals surface area contributed by atoms with Crippen LogP contribution in [0.5, 0.6) is 0 Å². The third-order valence-electron chi connectivity index (χ3n) is 3.99. The summed E-state index contributed by atoms with van der Waals surface area (Å²) in [5.41, 5.74) is 4.68. The molecule has 0 spiro atoms. The molecule has 2 nitrogen and oxygen atoms in total. The van der Waals surface area contributed by atoms with E-state index in [2.05, 4.69) is 72.9 Å². The summed E-state index contributed by atoms with van der Waals surface area (Å²) in [6.07, 6.45) is 17.5. The summed E-state index contributed by atoms with van der Waals surface area (Å²) in [6, 6.07) is 19.4. The number of para-hydroxylation sites is 2. The smallest absolute Gasteiger partial charge is 0.113 e. The first-order valence-corrected chi connectivity index (χ1v) is 10.3. The van der Waals surface area contributed by atoms with Crippen LogP contribution in [0.2, 0.25) is 0 Å². The van der Waals surface area contributed by atoms with Gasteiger partial charge in [-0.15, -0.1) is 12.2 Å². The van der Waals surface area contributed by atoms with Crippen LogP contribution in [0, 0.1) is 35.8 Å². The van der Waals surface area contributed by atoms with Crippen molar-refractivity contribution in [1.82, 2.24) is 0 Å². The van der Waals surface area contributed by atoms with E-state index in [1.165, 1.54) is 16.8 Å². The molecule has 63 heteroatoms. The Kier molecular flexibility index (Phi) is 2250. The molecule has 1 aliphatic rings. The van der Waals surface area contributed by atoms with Gasteiger partial charge >= 0.3 is 0 Å². The molecule has 0 N–H and O–H groups in total. The second-order valence-corrected chi connectivity index (χ2v) is 5.75. The zero-order valence-corrected chi connectivity index (χ0v) is 227. The van der Waals surface area contributed by atoms with E-state index in [1.807, 2.05) is 81.8 Å². The Labute approximate surface area is 1590 Å². The van der Waals surface area contributed by atoms with Crippen LogP contribution in [0.15, 0.2) is 91.2 Å². The van der Waals surface area contributed by atoms with E-state index >= 15 is 0 Å². The SMILES string of the molecule is C.C.CC.CC.CN1C=CC(=CC=CC=C[C-]=[N+](C)c2[c-]cccc2)c2ccccc21.[CH3-].[CH3-].[CH3-].[CH3-].[W].[W].[W].[W].[W].[W].[W].[W].[W].[W].[W].[W].[W].[W].[W].[W].[W].[W].[W].[W].[W].[W].[W].[W].[W].[W].[W].[W].[W].[W].[W].[W].[W].[W].[W].[W].[W].[W].[W].[W].[W].[W].[W].[W].[W].[W].[W].[W].[W].[W].[Y].[Y].[Y].[Y].[Y].[Y].[Y].[Y].[Y].[Y].[Y]. The predicted octanol–water partition coefficient (Wildman–Crippen LogP) is 9.84. The van der Waals surface area contributed by atoms with Crippen LogP contribution in [-0.2, 0) is 1410 Å². The van der Waals surface area contributed by atoms with Crippen molar-refractivity contribution < 1.29 is 1420 Å². The van der Waals surface area contributed by atoms with Crippen LogP contribution in [0.4, 0.5) is 11.4 Å². The summed E-state index contributed by atoms with van der Waals surface area (Å²) in [7, 11) is 4.03. The maximum absolute atomic E-state index is 3.19. The second kappa shape index (κ2) is 425. The summed E-state index contributed by atoms with van der Waals surface area (Å²) in [4.78, 5) is 2.14. The monoisotopic (exact) mass is 10700 g/mol. The van der Waals surface area contributed by atoms with Crippen LogP contribution in [0.25, 0.3) is 5.57 Å². The summed E-state index contributed by atoms with van der Waals surface area (Å²) in [5, 5.41) is 0. The predicted molar refractivity (Wildman–Crippen MR) is 168 cm³/mol. The van der Waals surface area contributed by atoms with E-state index in [1.54, 1.807) is 0 Å². The molecule has 0 aromatic heterocycles. The molecule has 1 heterocycles. The number of nitrogens with zero attached hydrogens (tertiary/aromatic N) is 2. The molecule has 0 saturated heterocycles. The molecule has 0 saturated carbocycles. The number of allylic oxidation sites excluding steroid dienone is 7. The van der Waals surface area contributed by atoms with E-state index in [9.17, 15) is 0 Å². The molecule has 11 radical (unpaired) electrons. The van der Waals surface area contributed by atoms with Gasteiger partial charge in [0.15, 0.2) is 0 Å². The van der Waals surface area contributed by atoms with Crippen molar-refractivity contribution in [3.05, 3.63) is 133 Å². The zero-order chi connectivity index (χ0) is 21.5. The quantitative estimate of drug-likeness (QED) is 0.128. The van der Waals surface area contributed by atoms with Crippen molar-refractivity contribution in [3.8, 4) is 0 Å². The van der Waals surface area contributed by atoms with Crippen molar-refractivity contribution in [2.45, 2.75) is 42.5 Å². The van der Waals surface area contributed by atoms with Gasteiger partial charge in [0.1, 0.15) is 13.3 Å². The van der Waals surface area contributed by atoms with E-state index in [4.69, 9.17) is 0 Å². The number of hydrogen-bond donors (Lipinski definition) is 0. The molecule has 0 amide bonds. The first kappa shape index (κ1) is 509. The average Bonchev–Trinajstić information content (AvgIpc) is 2.81. The number of benzene rings is 2. The first-order valence-electron chi connectivity index (χ1n) is 10.3. The Hall–Kier alpha value is 43.4. The number of hydrogen-bond acceptors (Lipinski definition) is 1. The normalized spacial score (nSPS) is 4.33. The van der Waals surface area contributed by atoms with Crippen molar-refractivity contribution in [2.75, 3.05) is 19.0 Å². The fourth-order valence-corrected chi connectivity index (χ4v) is 2.63. The third-order valence-corrected chi connectivity index (χ3v) is 3.99. The molecule has 2 aromatic carbocycles. The summed E-state index contributed by atoms with van der Waals surface area (Å²) >= 11 is 0. The van der Waals surface area contributed by atoms with Crippen LogP contribution in [0.1, 0.15) is 48.1 Å². The second-order valence-electron chi connectivity index (χ2n) is 5.75. The van der Waals surface area contributed by atoms with Gasteiger partial charge in [-0.25, -0.2) is 0 Å². The average molecular weight is 10600 g/mol. The van der Waals surface area contributed by atoms with Gasteiger partial charge in [-0.2, -0.15) is 36.4 Å². The molecule has 0 bridgehead atoms. The van der Waals surface area contributed by atoms with Crippen molar-refractivity contribution in [2.24, 2.45) is 0 Å². The van der Waals surface area contributed by atoms with Gasteiger partial charge in [-0.1, -0.05) is 72.9 Å². The van der Waals surface area contributed by atoms with E-state index in [0.29, 0.717) is 0 Å². The summed E-state index contributed by atoms with van der Waals surface area (Å²) < 4.78 is 1.92. The maximum Gasteiger partial charge on any atom is 0.113 e. The van der Waals surface area contributed by atoms with Crippen LogP contribution < -0.4 is 4.90 Å². The molecule has 0 atom stereocenters. The van der Waals surface area contributed by atoms with Crippen LogP contribution in [-0.4, -0.2) is 24.9 Å². The first-order chi connectivity index (χ1) is 14.3. The summed E-state index contributed by atoms with van der Waals surface area (Å²) in [5.74, 6) is 0. The minimum Gasteiger partial charge on any atom is -0.358 e. The Bertz CT molecular complexity index is 1000. The van der Waals surface area contributed by atoms with Crippen molar-refractivity contribution in [1.29, 1.82) is 0 Å². The number of fused-ring (bicyclic) bond motifs is 1. The fraction of sp³-hybridized carbons (Fsp3) is 0.242. The minimum absolute atomic E-state index is 0. The largest absolute Gasteiger partial charge is 0.358 e. The Morgan fingerprint density at radius 3 is 0.760 bits per heavy atom. The van der Waals surface area contributed by atoms with Gasteiger partial charge in [-0.3, -0.25) is 0 Å². The molecule has 1 aliphatic heterocycles. The van der Waals surface area contributed by atoms with Gasteiger partial charge in [0.05, 0.1) is 0 Å². The molecule has 533 valence electrons. The molecular formula is C33H53N2W50Y11-5. The molecule has 96 heavy (non-hydrogen) atoms. The van der Waals surface area contributed by atoms with Crippen LogP contribution >= 0.6 is 0 Å².